The summed E-state index contributed by atoms with van der Waals surface area (Å²) in [4.78, 5) is 0.231. The van der Waals surface area contributed by atoms with Crippen molar-refractivity contribution in [2.75, 3.05) is 7.11 Å². The van der Waals surface area contributed by atoms with Gasteiger partial charge in [0.15, 0.2) is 11.6 Å². The van der Waals surface area contributed by atoms with Crippen LogP contribution in [0.25, 0.3) is 0 Å². The molecular weight excluding hydrogens is 296 g/mol. The predicted molar refractivity (Wildman–Crippen MR) is 77.4 cm³/mol. The van der Waals surface area contributed by atoms with E-state index in [1.54, 1.807) is 12.1 Å². The van der Waals surface area contributed by atoms with Crippen molar-refractivity contribution in [3.8, 4) is 5.75 Å². The van der Waals surface area contributed by atoms with Gasteiger partial charge in [-0.15, -0.1) is 0 Å². The zero-order valence-electron chi connectivity index (χ0n) is 11.4. The van der Waals surface area contributed by atoms with Gasteiger partial charge in [0, 0.05) is 17.0 Å². The van der Waals surface area contributed by atoms with Gasteiger partial charge in [0.25, 0.3) is 0 Å². The van der Waals surface area contributed by atoms with Crippen LogP contribution in [0.2, 0.25) is 0 Å². The molecule has 21 heavy (non-hydrogen) atoms. The molecule has 0 aliphatic carbocycles. The highest BCUT2D eigenvalue weighted by atomic mass is 32.2. The minimum Gasteiger partial charge on any atom is -0.496 e. The zero-order chi connectivity index (χ0) is 15.4. The summed E-state index contributed by atoms with van der Waals surface area (Å²) in [7, 11) is 0.0128. The number of hydrogen-bond acceptors (Lipinski definition) is 3. The molecule has 6 heteroatoms. The zero-order valence-corrected chi connectivity index (χ0v) is 12.3. The molecule has 0 heterocycles. The van der Waals surface area contributed by atoms with E-state index in [1.165, 1.54) is 13.2 Å². The van der Waals surface area contributed by atoms with E-state index in [0.717, 1.165) is 17.7 Å². The second-order valence-corrected chi connectivity index (χ2v) is 5.87. The maximum absolute atomic E-state index is 13.2. The molecule has 0 aromatic heterocycles. The number of rotatable bonds is 5. The van der Waals surface area contributed by atoms with Crippen molar-refractivity contribution in [3.63, 3.8) is 0 Å². The van der Waals surface area contributed by atoms with Crippen LogP contribution in [0.4, 0.5) is 8.78 Å². The quantitative estimate of drug-likeness (QED) is 0.924. The van der Waals surface area contributed by atoms with E-state index in [-0.39, 0.29) is 10.6 Å². The van der Waals surface area contributed by atoms with Gasteiger partial charge in [0.05, 0.1) is 23.7 Å². The minimum absolute atomic E-state index is 0.141. The number of hydrogen-bond donors (Lipinski definition) is 1. The lowest BCUT2D eigenvalue weighted by molar-refractivity contribution is 0.411. The Kier molecular flexibility index (Phi) is 5.03. The van der Waals surface area contributed by atoms with Crippen LogP contribution < -0.4 is 10.5 Å². The maximum atomic E-state index is 13.2. The van der Waals surface area contributed by atoms with Crippen LogP contribution >= 0.6 is 0 Å². The van der Waals surface area contributed by atoms with Gasteiger partial charge in [0.1, 0.15) is 5.75 Å². The standard InChI is InChI=1S/C15H15F2NO2S/c1-20-15-5-2-10(8-18)6-11(15)9-21(19)12-3-4-13(16)14(17)7-12/h2-7H,8-9,18H2,1H3. The Morgan fingerprint density at radius 1 is 1.14 bits per heavy atom. The van der Waals surface area contributed by atoms with Crippen LogP contribution in [0.5, 0.6) is 5.75 Å². The molecule has 1 unspecified atom stereocenters. The highest BCUT2D eigenvalue weighted by Crippen LogP contribution is 2.24. The van der Waals surface area contributed by atoms with Crippen LogP contribution in [0, 0.1) is 11.6 Å². The minimum atomic E-state index is -1.50. The highest BCUT2D eigenvalue weighted by molar-refractivity contribution is 7.84. The molecule has 0 fully saturated rings. The molecule has 0 saturated heterocycles. The average Bonchev–Trinajstić information content (AvgIpc) is 2.49. The summed E-state index contributed by atoms with van der Waals surface area (Å²) in [5, 5.41) is 0. The second-order valence-electron chi connectivity index (χ2n) is 4.42. The molecule has 2 aromatic carbocycles. The molecule has 0 saturated carbocycles. The van der Waals surface area contributed by atoms with Crippen molar-refractivity contribution in [3.05, 3.63) is 59.2 Å². The third-order valence-electron chi connectivity index (χ3n) is 3.02. The number of nitrogens with two attached hydrogens (primary N) is 1. The van der Waals surface area contributed by atoms with Crippen molar-refractivity contribution in [1.82, 2.24) is 0 Å². The van der Waals surface area contributed by atoms with E-state index >= 15 is 0 Å². The van der Waals surface area contributed by atoms with Crippen LogP contribution in [0.15, 0.2) is 41.3 Å². The molecule has 2 rings (SSSR count). The van der Waals surface area contributed by atoms with Crippen LogP contribution in [0.1, 0.15) is 11.1 Å². The number of methoxy groups -OCH3 is 1. The fourth-order valence-corrected chi connectivity index (χ4v) is 3.04. The van der Waals surface area contributed by atoms with E-state index in [4.69, 9.17) is 10.5 Å². The van der Waals surface area contributed by atoms with Gasteiger partial charge < -0.3 is 10.5 Å². The molecule has 0 aliphatic heterocycles. The van der Waals surface area contributed by atoms with Gasteiger partial charge in [-0.25, -0.2) is 8.78 Å². The Hall–Kier alpha value is -1.79. The SMILES string of the molecule is COc1ccc(CN)cc1CS(=O)c1ccc(F)c(F)c1. The molecule has 0 aliphatic rings. The van der Waals surface area contributed by atoms with Crippen molar-refractivity contribution >= 4 is 10.8 Å². The fourth-order valence-electron chi connectivity index (χ4n) is 1.91. The van der Waals surface area contributed by atoms with Crippen LogP contribution in [-0.2, 0) is 23.1 Å². The summed E-state index contributed by atoms with van der Waals surface area (Å²) in [6, 6.07) is 8.61. The number of ether oxygens (including phenoxy) is 1. The molecule has 1 atom stereocenters. The Balaban J connectivity index is 2.28. The third-order valence-corrected chi connectivity index (χ3v) is 4.37. The lowest BCUT2D eigenvalue weighted by Gasteiger charge is -2.10. The molecule has 3 nitrogen and oxygen atoms in total. The normalized spacial score (nSPS) is 12.2. The van der Waals surface area contributed by atoms with Crippen LogP contribution in [-0.4, -0.2) is 11.3 Å². The van der Waals surface area contributed by atoms with E-state index in [2.05, 4.69) is 0 Å². The molecule has 2 aromatic rings. The lowest BCUT2D eigenvalue weighted by atomic mass is 10.1. The van der Waals surface area contributed by atoms with E-state index in [1.807, 2.05) is 6.07 Å². The topological polar surface area (TPSA) is 52.3 Å². The van der Waals surface area contributed by atoms with Gasteiger partial charge in [-0.3, -0.25) is 4.21 Å². The van der Waals surface area contributed by atoms with E-state index in [0.29, 0.717) is 17.9 Å². The van der Waals surface area contributed by atoms with Crippen molar-refractivity contribution in [1.29, 1.82) is 0 Å². The Morgan fingerprint density at radius 2 is 1.90 bits per heavy atom. The predicted octanol–water partition coefficient (Wildman–Crippen LogP) is 2.74. The molecule has 2 N–H and O–H groups in total. The van der Waals surface area contributed by atoms with Crippen molar-refractivity contribution in [2.45, 2.75) is 17.2 Å². The number of benzene rings is 2. The largest absolute Gasteiger partial charge is 0.496 e. The first kappa shape index (κ1) is 15.6. The molecule has 0 spiro atoms. The summed E-state index contributed by atoms with van der Waals surface area (Å²) in [6.45, 7) is 0.356. The second kappa shape index (κ2) is 6.78. The monoisotopic (exact) mass is 311 g/mol. The Morgan fingerprint density at radius 3 is 2.52 bits per heavy atom. The van der Waals surface area contributed by atoms with Crippen molar-refractivity contribution < 1.29 is 17.7 Å². The first-order valence-corrected chi connectivity index (χ1v) is 7.56. The van der Waals surface area contributed by atoms with Gasteiger partial charge in [0.2, 0.25) is 0 Å². The van der Waals surface area contributed by atoms with Gasteiger partial charge in [-0.2, -0.15) is 0 Å². The first-order valence-electron chi connectivity index (χ1n) is 6.24. The molecule has 0 amide bonds. The average molecular weight is 311 g/mol. The summed E-state index contributed by atoms with van der Waals surface area (Å²) >= 11 is 0. The summed E-state index contributed by atoms with van der Waals surface area (Å²) in [5.41, 5.74) is 7.17. The Labute approximate surface area is 124 Å². The number of halogens is 2. The smallest absolute Gasteiger partial charge is 0.160 e. The lowest BCUT2D eigenvalue weighted by Crippen LogP contribution is -2.03. The maximum Gasteiger partial charge on any atom is 0.160 e. The summed E-state index contributed by atoms with van der Waals surface area (Å²) < 4.78 is 43.6. The summed E-state index contributed by atoms with van der Waals surface area (Å²) in [5.74, 6) is -1.24. The summed E-state index contributed by atoms with van der Waals surface area (Å²) in [6.07, 6.45) is 0. The molecular formula is C15H15F2NO2S. The van der Waals surface area contributed by atoms with Crippen LogP contribution in [0.3, 0.4) is 0 Å². The third kappa shape index (κ3) is 3.65. The molecule has 0 bridgehead atoms. The van der Waals surface area contributed by atoms with Gasteiger partial charge >= 0.3 is 0 Å². The van der Waals surface area contributed by atoms with Gasteiger partial charge in [-0.1, -0.05) is 6.07 Å². The first-order chi connectivity index (χ1) is 10.0. The highest BCUT2D eigenvalue weighted by Gasteiger charge is 2.12. The Bertz CT molecular complexity index is 677. The fraction of sp³-hybridized carbons (Fsp3) is 0.200. The molecule has 0 radical (unpaired) electrons. The van der Waals surface area contributed by atoms with Gasteiger partial charge in [-0.05, 0) is 35.9 Å². The van der Waals surface area contributed by atoms with E-state index in [9.17, 15) is 13.0 Å². The van der Waals surface area contributed by atoms with Crippen molar-refractivity contribution in [2.24, 2.45) is 5.73 Å². The van der Waals surface area contributed by atoms with E-state index < -0.39 is 22.4 Å². The molecule has 112 valence electrons.